The third-order valence-corrected chi connectivity index (χ3v) is 2.36. The molecule has 0 heterocycles. The summed E-state index contributed by atoms with van der Waals surface area (Å²) in [5.41, 5.74) is 1.07. The van der Waals surface area contributed by atoms with Crippen LogP contribution in [0.15, 0.2) is 18.2 Å². The predicted molar refractivity (Wildman–Crippen MR) is 53.4 cm³/mol. The molecule has 0 amide bonds. The highest BCUT2D eigenvalue weighted by Gasteiger charge is 2.09. The van der Waals surface area contributed by atoms with Gasteiger partial charge in [0.15, 0.2) is 0 Å². The number of hydrogen-bond donors (Lipinski definition) is 1. The van der Waals surface area contributed by atoms with Crippen molar-refractivity contribution < 1.29 is 9.84 Å². The SMILES string of the molecule is CCC(C)c1cc(O)ccc1OC. The zero-order chi connectivity index (χ0) is 9.84. The molecular formula is C11H16O2. The molecule has 2 heteroatoms. The lowest BCUT2D eigenvalue weighted by Crippen LogP contribution is -1.95. The highest BCUT2D eigenvalue weighted by molar-refractivity contribution is 5.41. The first-order valence-electron chi connectivity index (χ1n) is 4.56. The molecule has 0 aromatic heterocycles. The van der Waals surface area contributed by atoms with Crippen LogP contribution in [0.2, 0.25) is 0 Å². The van der Waals surface area contributed by atoms with E-state index in [0.717, 1.165) is 17.7 Å². The van der Waals surface area contributed by atoms with Gasteiger partial charge < -0.3 is 9.84 Å². The van der Waals surface area contributed by atoms with Crippen LogP contribution in [0.5, 0.6) is 11.5 Å². The Balaban J connectivity index is 3.07. The highest BCUT2D eigenvalue weighted by Crippen LogP contribution is 2.31. The van der Waals surface area contributed by atoms with E-state index in [4.69, 9.17) is 4.74 Å². The van der Waals surface area contributed by atoms with Crippen LogP contribution < -0.4 is 4.74 Å². The van der Waals surface area contributed by atoms with Gasteiger partial charge in [-0.25, -0.2) is 0 Å². The van der Waals surface area contributed by atoms with E-state index in [1.54, 1.807) is 25.3 Å². The summed E-state index contributed by atoms with van der Waals surface area (Å²) in [6.45, 7) is 4.24. The average molecular weight is 180 g/mol. The molecule has 0 bridgehead atoms. The van der Waals surface area contributed by atoms with Gasteiger partial charge >= 0.3 is 0 Å². The van der Waals surface area contributed by atoms with Gasteiger partial charge in [0.1, 0.15) is 11.5 Å². The number of methoxy groups -OCH3 is 1. The van der Waals surface area contributed by atoms with E-state index in [2.05, 4.69) is 13.8 Å². The molecule has 1 aromatic carbocycles. The Hall–Kier alpha value is -1.18. The number of phenolic OH excluding ortho intramolecular Hbond substituents is 1. The third-order valence-electron chi connectivity index (χ3n) is 2.36. The Morgan fingerprint density at radius 2 is 2.15 bits per heavy atom. The number of aromatic hydroxyl groups is 1. The fraction of sp³-hybridized carbons (Fsp3) is 0.455. The van der Waals surface area contributed by atoms with Crippen molar-refractivity contribution in [3.8, 4) is 11.5 Å². The summed E-state index contributed by atoms with van der Waals surface area (Å²) in [5, 5.41) is 9.32. The van der Waals surface area contributed by atoms with Crippen molar-refractivity contribution in [2.24, 2.45) is 0 Å². The van der Waals surface area contributed by atoms with Crippen LogP contribution in [0.4, 0.5) is 0 Å². The van der Waals surface area contributed by atoms with E-state index in [1.807, 2.05) is 0 Å². The van der Waals surface area contributed by atoms with Crippen molar-refractivity contribution in [2.45, 2.75) is 26.2 Å². The maximum absolute atomic E-state index is 9.32. The van der Waals surface area contributed by atoms with Gasteiger partial charge in [-0.15, -0.1) is 0 Å². The number of ether oxygens (including phenoxy) is 1. The fourth-order valence-electron chi connectivity index (χ4n) is 1.33. The normalized spacial score (nSPS) is 12.5. The van der Waals surface area contributed by atoms with Gasteiger partial charge in [0.25, 0.3) is 0 Å². The van der Waals surface area contributed by atoms with Crippen LogP contribution in [-0.2, 0) is 0 Å². The van der Waals surface area contributed by atoms with Crippen LogP contribution >= 0.6 is 0 Å². The molecule has 1 atom stereocenters. The molecule has 2 nitrogen and oxygen atoms in total. The molecule has 0 aliphatic heterocycles. The standard InChI is InChI=1S/C11H16O2/c1-4-8(2)10-7-9(12)5-6-11(10)13-3/h5-8,12H,4H2,1-3H3. The van der Waals surface area contributed by atoms with Crippen LogP contribution in [0, 0.1) is 0 Å². The first-order chi connectivity index (χ1) is 6.19. The maximum atomic E-state index is 9.32. The van der Waals surface area contributed by atoms with Crippen molar-refractivity contribution in [1.82, 2.24) is 0 Å². The summed E-state index contributed by atoms with van der Waals surface area (Å²) in [7, 11) is 1.65. The molecule has 1 aromatic rings. The second kappa shape index (κ2) is 4.17. The zero-order valence-corrected chi connectivity index (χ0v) is 8.37. The monoisotopic (exact) mass is 180 g/mol. The highest BCUT2D eigenvalue weighted by atomic mass is 16.5. The average Bonchev–Trinajstić information content (AvgIpc) is 2.16. The Kier molecular flexibility index (Phi) is 3.18. The Labute approximate surface area is 79.2 Å². The molecule has 0 fully saturated rings. The van der Waals surface area contributed by atoms with Crippen molar-refractivity contribution in [3.05, 3.63) is 23.8 Å². The van der Waals surface area contributed by atoms with Gasteiger partial charge in [-0.1, -0.05) is 13.8 Å². The maximum Gasteiger partial charge on any atom is 0.122 e. The summed E-state index contributed by atoms with van der Waals surface area (Å²) in [5.74, 6) is 1.57. The van der Waals surface area contributed by atoms with E-state index < -0.39 is 0 Å². The van der Waals surface area contributed by atoms with Crippen molar-refractivity contribution in [2.75, 3.05) is 7.11 Å². The van der Waals surface area contributed by atoms with Crippen molar-refractivity contribution in [3.63, 3.8) is 0 Å². The predicted octanol–water partition coefficient (Wildman–Crippen LogP) is 2.91. The minimum Gasteiger partial charge on any atom is -0.508 e. The van der Waals surface area contributed by atoms with Crippen LogP contribution in [0.1, 0.15) is 31.7 Å². The topological polar surface area (TPSA) is 29.5 Å². The smallest absolute Gasteiger partial charge is 0.122 e. The number of benzene rings is 1. The van der Waals surface area contributed by atoms with E-state index in [-0.39, 0.29) is 0 Å². The summed E-state index contributed by atoms with van der Waals surface area (Å²) in [6, 6.07) is 5.22. The van der Waals surface area contributed by atoms with E-state index in [1.165, 1.54) is 0 Å². The van der Waals surface area contributed by atoms with E-state index >= 15 is 0 Å². The summed E-state index contributed by atoms with van der Waals surface area (Å²) in [6.07, 6.45) is 1.04. The molecule has 0 radical (unpaired) electrons. The zero-order valence-electron chi connectivity index (χ0n) is 8.37. The lowest BCUT2D eigenvalue weighted by atomic mass is 9.97. The minimum atomic E-state index is 0.302. The summed E-state index contributed by atoms with van der Waals surface area (Å²) >= 11 is 0. The fourth-order valence-corrected chi connectivity index (χ4v) is 1.33. The third kappa shape index (κ3) is 2.14. The van der Waals surface area contributed by atoms with Gasteiger partial charge in [0.2, 0.25) is 0 Å². The molecule has 0 saturated carbocycles. The first-order valence-corrected chi connectivity index (χ1v) is 4.56. The van der Waals surface area contributed by atoms with Gasteiger partial charge in [-0.2, -0.15) is 0 Å². The largest absolute Gasteiger partial charge is 0.508 e. The van der Waals surface area contributed by atoms with Crippen LogP contribution in [-0.4, -0.2) is 12.2 Å². The first kappa shape index (κ1) is 9.90. The molecule has 13 heavy (non-hydrogen) atoms. The molecule has 1 N–H and O–H groups in total. The number of rotatable bonds is 3. The molecule has 0 aliphatic rings. The van der Waals surface area contributed by atoms with E-state index in [0.29, 0.717) is 11.7 Å². The number of phenols is 1. The summed E-state index contributed by atoms with van der Waals surface area (Å²) < 4.78 is 5.21. The van der Waals surface area contributed by atoms with Crippen molar-refractivity contribution in [1.29, 1.82) is 0 Å². The van der Waals surface area contributed by atoms with Gasteiger partial charge in [0, 0.05) is 5.56 Å². The van der Waals surface area contributed by atoms with Gasteiger partial charge in [-0.3, -0.25) is 0 Å². The molecule has 0 aliphatic carbocycles. The Bertz CT molecular complexity index is 281. The quantitative estimate of drug-likeness (QED) is 0.775. The molecule has 0 spiro atoms. The summed E-state index contributed by atoms with van der Waals surface area (Å²) in [4.78, 5) is 0. The molecule has 72 valence electrons. The Morgan fingerprint density at radius 1 is 1.46 bits per heavy atom. The van der Waals surface area contributed by atoms with Gasteiger partial charge in [-0.05, 0) is 30.5 Å². The van der Waals surface area contributed by atoms with Crippen LogP contribution in [0.3, 0.4) is 0 Å². The van der Waals surface area contributed by atoms with Gasteiger partial charge in [0.05, 0.1) is 7.11 Å². The molecule has 0 saturated heterocycles. The second-order valence-corrected chi connectivity index (χ2v) is 3.24. The lowest BCUT2D eigenvalue weighted by Gasteiger charge is -2.13. The molecule has 1 rings (SSSR count). The number of hydrogen-bond acceptors (Lipinski definition) is 2. The lowest BCUT2D eigenvalue weighted by molar-refractivity contribution is 0.403. The Morgan fingerprint density at radius 3 is 2.69 bits per heavy atom. The second-order valence-electron chi connectivity index (χ2n) is 3.24. The van der Waals surface area contributed by atoms with E-state index in [9.17, 15) is 5.11 Å². The molecule has 1 unspecified atom stereocenters. The molecular weight excluding hydrogens is 164 g/mol. The van der Waals surface area contributed by atoms with Crippen LogP contribution in [0.25, 0.3) is 0 Å². The minimum absolute atomic E-state index is 0.302. The van der Waals surface area contributed by atoms with Crippen molar-refractivity contribution >= 4 is 0 Å².